The lowest BCUT2D eigenvalue weighted by Gasteiger charge is -2.05. The van der Waals surface area contributed by atoms with Gasteiger partial charge in [-0.3, -0.25) is 30.3 Å². The first-order valence-electron chi connectivity index (χ1n) is 7.76. The Hall–Kier alpha value is -4.20. The summed E-state index contributed by atoms with van der Waals surface area (Å²) in [5, 5.41) is 35.8. The highest BCUT2D eigenvalue weighted by atomic mass is 32.1. The zero-order chi connectivity index (χ0) is 21.1. The SMILES string of the molecule is O=c1nc(Nc2c([N+](=O)[O-])cc([N+](=O)[O-])cc2[N+](=O)[O-])sn1Cc1ccccc1. The molecule has 0 aliphatic carbocycles. The summed E-state index contributed by atoms with van der Waals surface area (Å²) in [5.41, 5.74) is -3.04. The Kier molecular flexibility index (Phi) is 5.27. The minimum absolute atomic E-state index is 0.133. The van der Waals surface area contributed by atoms with E-state index in [9.17, 15) is 35.1 Å². The molecule has 0 aliphatic heterocycles. The highest BCUT2D eigenvalue weighted by Gasteiger charge is 2.31. The van der Waals surface area contributed by atoms with Gasteiger partial charge in [0.05, 0.1) is 33.4 Å². The standard InChI is InChI=1S/C15H10N6O7S/c22-15-17-14(29-18(15)8-9-4-2-1-3-5-9)16-13-11(20(25)26)6-10(19(23)24)7-12(13)21(27)28/h1-7H,8H2,(H,16,17,22). The van der Waals surface area contributed by atoms with Gasteiger partial charge in [0.2, 0.25) is 5.13 Å². The number of benzene rings is 2. The molecule has 1 N–H and O–H groups in total. The fourth-order valence-electron chi connectivity index (χ4n) is 2.43. The Balaban J connectivity index is 2.03. The third-order valence-corrected chi connectivity index (χ3v) is 4.57. The van der Waals surface area contributed by atoms with Gasteiger partial charge in [-0.2, -0.15) is 4.98 Å². The minimum Gasteiger partial charge on any atom is -0.319 e. The van der Waals surface area contributed by atoms with Crippen LogP contribution in [0.4, 0.5) is 27.9 Å². The van der Waals surface area contributed by atoms with E-state index in [1.165, 1.54) is 3.96 Å². The lowest BCUT2D eigenvalue weighted by atomic mass is 10.2. The molecule has 2 aromatic carbocycles. The largest absolute Gasteiger partial charge is 0.360 e. The van der Waals surface area contributed by atoms with Crippen molar-refractivity contribution in [3.63, 3.8) is 0 Å². The summed E-state index contributed by atoms with van der Waals surface area (Å²) >= 11 is 0.803. The summed E-state index contributed by atoms with van der Waals surface area (Å²) < 4.78 is 1.25. The van der Waals surface area contributed by atoms with Crippen LogP contribution in [0.3, 0.4) is 0 Å². The number of non-ortho nitro benzene ring substituents is 1. The molecule has 0 radical (unpaired) electrons. The van der Waals surface area contributed by atoms with Gasteiger partial charge < -0.3 is 5.32 Å². The van der Waals surface area contributed by atoms with Crippen LogP contribution in [0.15, 0.2) is 47.3 Å². The molecule has 0 unspecified atom stereocenters. The van der Waals surface area contributed by atoms with Crippen LogP contribution in [0, 0.1) is 30.3 Å². The minimum atomic E-state index is -0.994. The lowest BCUT2D eigenvalue weighted by Crippen LogP contribution is -2.15. The molecule has 1 aromatic heterocycles. The maximum absolute atomic E-state index is 12.1. The van der Waals surface area contributed by atoms with Gasteiger partial charge >= 0.3 is 17.1 Å². The summed E-state index contributed by atoms with van der Waals surface area (Å²) in [4.78, 5) is 46.4. The molecule has 148 valence electrons. The first-order chi connectivity index (χ1) is 13.8. The van der Waals surface area contributed by atoms with Crippen LogP contribution in [0.25, 0.3) is 0 Å². The molecule has 0 fully saturated rings. The van der Waals surface area contributed by atoms with Crippen LogP contribution < -0.4 is 11.0 Å². The van der Waals surface area contributed by atoms with Crippen molar-refractivity contribution >= 4 is 39.4 Å². The Morgan fingerprint density at radius 1 is 0.966 bits per heavy atom. The molecule has 3 aromatic rings. The molecule has 29 heavy (non-hydrogen) atoms. The molecule has 0 bridgehead atoms. The maximum atomic E-state index is 12.1. The average Bonchev–Trinajstić information content (AvgIpc) is 3.01. The van der Waals surface area contributed by atoms with E-state index in [0.717, 1.165) is 17.1 Å². The summed E-state index contributed by atoms with van der Waals surface area (Å²) in [6.45, 7) is 0.184. The van der Waals surface area contributed by atoms with Crippen LogP contribution in [0.1, 0.15) is 5.56 Å². The number of hydrogen-bond donors (Lipinski definition) is 1. The van der Waals surface area contributed by atoms with E-state index in [-0.39, 0.29) is 11.7 Å². The molecule has 0 saturated carbocycles. The smallest absolute Gasteiger partial charge is 0.319 e. The molecular weight excluding hydrogens is 408 g/mol. The maximum Gasteiger partial charge on any atom is 0.360 e. The molecule has 14 heteroatoms. The second-order valence-electron chi connectivity index (χ2n) is 5.57. The summed E-state index contributed by atoms with van der Waals surface area (Å²) in [7, 11) is 0. The molecule has 0 aliphatic rings. The molecule has 0 spiro atoms. The fourth-order valence-corrected chi connectivity index (χ4v) is 3.24. The quantitative estimate of drug-likeness (QED) is 0.446. The second-order valence-corrected chi connectivity index (χ2v) is 6.58. The molecule has 0 atom stereocenters. The van der Waals surface area contributed by atoms with Crippen molar-refractivity contribution in [2.75, 3.05) is 5.32 Å². The van der Waals surface area contributed by atoms with Crippen LogP contribution in [0.2, 0.25) is 0 Å². The van der Waals surface area contributed by atoms with Crippen molar-refractivity contribution in [2.45, 2.75) is 6.54 Å². The molecule has 0 amide bonds. The Bertz CT molecular complexity index is 1140. The van der Waals surface area contributed by atoms with Gasteiger partial charge in [0.1, 0.15) is 0 Å². The van der Waals surface area contributed by atoms with Crippen LogP contribution >= 0.6 is 11.5 Å². The molecule has 13 nitrogen and oxygen atoms in total. The predicted octanol–water partition coefficient (Wildman–Crippen LogP) is 2.82. The summed E-state index contributed by atoms with van der Waals surface area (Å²) in [6.07, 6.45) is 0. The number of hydrogen-bond acceptors (Lipinski definition) is 10. The molecule has 3 rings (SSSR count). The first-order valence-corrected chi connectivity index (χ1v) is 8.54. The van der Waals surface area contributed by atoms with E-state index in [4.69, 9.17) is 0 Å². The summed E-state index contributed by atoms with van der Waals surface area (Å²) in [5.74, 6) is 0. The number of nitrogens with zero attached hydrogens (tertiary/aromatic N) is 5. The van der Waals surface area contributed by atoms with Crippen LogP contribution in [-0.4, -0.2) is 23.7 Å². The van der Waals surface area contributed by atoms with Crippen molar-refractivity contribution in [1.82, 2.24) is 8.94 Å². The van der Waals surface area contributed by atoms with Gasteiger partial charge in [0.25, 0.3) is 5.69 Å². The predicted molar refractivity (Wildman–Crippen MR) is 102 cm³/mol. The monoisotopic (exact) mass is 418 g/mol. The fraction of sp³-hybridized carbons (Fsp3) is 0.0667. The second kappa shape index (κ2) is 7.81. The number of nitrogens with one attached hydrogen (secondary N) is 1. The van der Waals surface area contributed by atoms with Gasteiger partial charge in [-0.15, -0.1) is 0 Å². The van der Waals surface area contributed by atoms with Gasteiger partial charge in [-0.1, -0.05) is 30.3 Å². The van der Waals surface area contributed by atoms with Crippen molar-refractivity contribution in [3.8, 4) is 0 Å². The van der Waals surface area contributed by atoms with Gasteiger partial charge in [0.15, 0.2) is 5.69 Å². The number of aromatic nitrogens is 2. The third-order valence-electron chi connectivity index (χ3n) is 3.69. The van der Waals surface area contributed by atoms with E-state index >= 15 is 0 Å². The highest BCUT2D eigenvalue weighted by molar-refractivity contribution is 7.10. The zero-order valence-electron chi connectivity index (χ0n) is 14.3. The number of rotatable bonds is 7. The van der Waals surface area contributed by atoms with Crippen molar-refractivity contribution < 1.29 is 14.8 Å². The zero-order valence-corrected chi connectivity index (χ0v) is 15.1. The van der Waals surface area contributed by atoms with Crippen LogP contribution in [-0.2, 0) is 6.54 Å². The van der Waals surface area contributed by atoms with Crippen molar-refractivity contribution in [2.24, 2.45) is 0 Å². The van der Waals surface area contributed by atoms with E-state index in [1.54, 1.807) is 30.3 Å². The molecule has 1 heterocycles. The van der Waals surface area contributed by atoms with Gasteiger partial charge in [-0.25, -0.2) is 8.75 Å². The Morgan fingerprint density at radius 3 is 2.07 bits per heavy atom. The van der Waals surface area contributed by atoms with E-state index in [2.05, 4.69) is 10.3 Å². The topological polar surface area (TPSA) is 176 Å². The van der Waals surface area contributed by atoms with Gasteiger partial charge in [0, 0.05) is 0 Å². The molecule has 0 saturated heterocycles. The average molecular weight is 418 g/mol. The van der Waals surface area contributed by atoms with E-state index in [1.807, 2.05) is 0 Å². The van der Waals surface area contributed by atoms with Gasteiger partial charge in [-0.05, 0) is 17.1 Å². The third kappa shape index (κ3) is 4.22. The summed E-state index contributed by atoms with van der Waals surface area (Å²) in [6, 6.07) is 10.1. The lowest BCUT2D eigenvalue weighted by molar-refractivity contribution is -0.401. The first kappa shape index (κ1) is 19.6. The van der Waals surface area contributed by atoms with E-state index < -0.39 is 43.2 Å². The Labute approximate surface area is 164 Å². The normalized spacial score (nSPS) is 10.5. The van der Waals surface area contributed by atoms with Crippen molar-refractivity contribution in [3.05, 3.63) is 88.9 Å². The van der Waals surface area contributed by atoms with Crippen LogP contribution in [0.5, 0.6) is 0 Å². The Morgan fingerprint density at radius 2 is 1.55 bits per heavy atom. The van der Waals surface area contributed by atoms with Crippen molar-refractivity contribution in [1.29, 1.82) is 0 Å². The number of nitro benzene ring substituents is 3. The number of anilines is 2. The van der Waals surface area contributed by atoms with E-state index in [0.29, 0.717) is 12.1 Å². The molecular formula is C15H10N6O7S. The highest BCUT2D eigenvalue weighted by Crippen LogP contribution is 2.40. The number of nitro groups is 3.